The van der Waals surface area contributed by atoms with Gasteiger partial charge in [-0.1, -0.05) is 110 Å². The summed E-state index contributed by atoms with van der Waals surface area (Å²) in [5, 5.41) is 11.8. The minimum Gasteiger partial charge on any atom is -0.497 e. The van der Waals surface area contributed by atoms with E-state index in [0.717, 1.165) is 40.4 Å². The van der Waals surface area contributed by atoms with Crippen LogP contribution in [-0.2, 0) is 49.0 Å². The summed E-state index contributed by atoms with van der Waals surface area (Å²) in [7, 11) is -1.04. The van der Waals surface area contributed by atoms with E-state index in [2.05, 4.69) is 38.2 Å². The second-order valence-electron chi connectivity index (χ2n) is 18.1. The molecule has 0 saturated carbocycles. The second-order valence-corrected chi connectivity index (χ2v) is 22.8. The molecule has 3 aliphatic heterocycles. The first-order chi connectivity index (χ1) is 32.0. The van der Waals surface area contributed by atoms with Crippen LogP contribution < -0.4 is 24.6 Å². The SMILES string of the molecule is COc1ccc([Si](C)(C)[C@@H]2[C@@H](CC(=O)N3Cc4ccccc4C[C@H]3CO)O[C@]3(C(=O)N(Cc4cccc(N(C=O)c5ccccc5)c4)c4ccc(N(C=O)c5ccccc5)cc43)[C@H]2C)cc1. The summed E-state index contributed by atoms with van der Waals surface area (Å²) < 4.78 is 13.0. The highest BCUT2D eigenvalue weighted by atomic mass is 28.3. The molecule has 336 valence electrons. The standard InChI is InChI=1S/C54H54N4O7Si/c1-37-52(66(3,4)47-25-23-46(64-2)24-26-47)50(31-51(62)55-33-40-16-12-11-15-39(40)29-45(55)34-59)65-54(37)48-30-44(58(36-61)42-19-9-6-10-20-42)22-27-49(48)56(53(54)63)32-38-14-13-21-43(28-38)57(35-60)41-17-7-5-8-18-41/h5-28,30,35-37,45,50,52,59H,29,31-34H2,1-4H3/t37-,45-,50+,52-,54+/m0/s1. The lowest BCUT2D eigenvalue weighted by atomic mass is 9.82. The number of aliphatic hydroxyl groups excluding tert-OH is 1. The molecule has 0 unspecified atom stereocenters. The maximum atomic E-state index is 15.9. The Kier molecular flexibility index (Phi) is 12.2. The van der Waals surface area contributed by atoms with Crippen molar-refractivity contribution in [3.8, 4) is 5.75 Å². The topological polar surface area (TPSA) is 120 Å². The van der Waals surface area contributed by atoms with Gasteiger partial charge in [0.05, 0.1) is 52.6 Å². The summed E-state index contributed by atoms with van der Waals surface area (Å²) in [5.41, 5.74) is 4.97. The molecular weight excluding hydrogens is 845 g/mol. The maximum absolute atomic E-state index is 15.9. The lowest BCUT2D eigenvalue weighted by molar-refractivity contribution is -0.151. The van der Waals surface area contributed by atoms with Crippen LogP contribution >= 0.6 is 0 Å². The van der Waals surface area contributed by atoms with Gasteiger partial charge in [0.2, 0.25) is 18.7 Å². The van der Waals surface area contributed by atoms with Gasteiger partial charge < -0.3 is 24.4 Å². The average molecular weight is 899 g/mol. The van der Waals surface area contributed by atoms with Crippen molar-refractivity contribution in [2.75, 3.05) is 28.4 Å². The number of methoxy groups -OCH3 is 1. The number of nitrogens with zero attached hydrogens (tertiary/aromatic N) is 4. The van der Waals surface area contributed by atoms with Crippen molar-refractivity contribution in [2.45, 2.75) is 69.2 Å². The van der Waals surface area contributed by atoms with E-state index in [9.17, 15) is 19.5 Å². The second kappa shape index (κ2) is 18.2. The van der Waals surface area contributed by atoms with E-state index in [4.69, 9.17) is 9.47 Å². The van der Waals surface area contributed by atoms with Gasteiger partial charge in [0.15, 0.2) is 5.60 Å². The van der Waals surface area contributed by atoms with E-state index >= 15 is 4.79 Å². The fraction of sp³-hybridized carbons (Fsp3) is 0.259. The van der Waals surface area contributed by atoms with Crippen molar-refractivity contribution in [2.24, 2.45) is 5.92 Å². The predicted octanol–water partition coefficient (Wildman–Crippen LogP) is 8.38. The van der Waals surface area contributed by atoms with Crippen LogP contribution in [0.2, 0.25) is 18.6 Å². The quantitative estimate of drug-likeness (QED) is 0.0862. The summed E-state index contributed by atoms with van der Waals surface area (Å²) in [6, 6.07) is 47.6. The molecule has 1 spiro atoms. The largest absolute Gasteiger partial charge is 0.497 e. The van der Waals surface area contributed by atoms with Crippen LogP contribution in [0.1, 0.15) is 35.6 Å². The Morgan fingerprint density at radius 1 is 0.788 bits per heavy atom. The summed E-state index contributed by atoms with van der Waals surface area (Å²) in [6.45, 7) is 6.97. The first-order valence-electron chi connectivity index (χ1n) is 22.5. The van der Waals surface area contributed by atoms with Gasteiger partial charge in [-0.2, -0.15) is 0 Å². The number of para-hydroxylation sites is 2. The fourth-order valence-electron chi connectivity index (χ4n) is 10.8. The third kappa shape index (κ3) is 7.78. The zero-order valence-corrected chi connectivity index (χ0v) is 38.6. The molecule has 66 heavy (non-hydrogen) atoms. The van der Waals surface area contributed by atoms with Crippen molar-refractivity contribution in [3.63, 3.8) is 0 Å². The van der Waals surface area contributed by atoms with Gasteiger partial charge in [-0.05, 0) is 95.4 Å². The smallest absolute Gasteiger partial charge is 0.264 e. The molecule has 11 nitrogen and oxygen atoms in total. The van der Waals surface area contributed by atoms with Crippen LogP contribution in [0.4, 0.5) is 28.4 Å². The number of fused-ring (bicyclic) bond motifs is 3. The highest BCUT2D eigenvalue weighted by molar-refractivity contribution is 6.91. The molecular formula is C54H54N4O7Si. The number of carbonyl (C=O) groups excluding carboxylic acids is 4. The number of aliphatic hydroxyl groups is 1. The highest BCUT2D eigenvalue weighted by Crippen LogP contribution is 2.61. The van der Waals surface area contributed by atoms with Gasteiger partial charge in [-0.3, -0.25) is 29.0 Å². The number of amides is 4. The third-order valence-electron chi connectivity index (χ3n) is 14.2. The molecule has 1 fully saturated rings. The number of benzene rings is 6. The number of ether oxygens (including phenoxy) is 2. The van der Waals surface area contributed by atoms with Crippen LogP contribution in [0.25, 0.3) is 0 Å². The Balaban J connectivity index is 1.16. The molecule has 1 N–H and O–H groups in total. The van der Waals surface area contributed by atoms with Crippen LogP contribution in [0.15, 0.2) is 152 Å². The van der Waals surface area contributed by atoms with Crippen LogP contribution in [0.3, 0.4) is 0 Å². The predicted molar refractivity (Wildman–Crippen MR) is 259 cm³/mol. The molecule has 3 aliphatic rings. The number of hydrogen-bond donors (Lipinski definition) is 1. The van der Waals surface area contributed by atoms with Gasteiger partial charge in [-0.25, -0.2) is 0 Å². The Hall–Kier alpha value is -6.86. The molecule has 0 bridgehead atoms. The number of carbonyl (C=O) groups is 4. The zero-order valence-electron chi connectivity index (χ0n) is 37.6. The van der Waals surface area contributed by atoms with E-state index in [-0.39, 0.29) is 36.9 Å². The first kappa shape index (κ1) is 44.3. The van der Waals surface area contributed by atoms with E-state index < -0.39 is 31.7 Å². The minimum absolute atomic E-state index is 0.00213. The molecule has 9 rings (SSSR count). The number of rotatable bonds is 14. The third-order valence-corrected chi connectivity index (χ3v) is 18.5. The normalized spacial score (nSPS) is 21.0. The number of anilines is 5. The molecule has 6 aromatic carbocycles. The van der Waals surface area contributed by atoms with Crippen molar-refractivity contribution >= 4 is 66.3 Å². The lowest BCUT2D eigenvalue weighted by Gasteiger charge is -2.39. The molecule has 12 heteroatoms. The Labute approximate surface area is 386 Å². The molecule has 0 radical (unpaired) electrons. The number of hydrogen-bond acceptors (Lipinski definition) is 7. The summed E-state index contributed by atoms with van der Waals surface area (Å²) >= 11 is 0. The van der Waals surface area contributed by atoms with Crippen LogP contribution in [0.5, 0.6) is 5.75 Å². The highest BCUT2D eigenvalue weighted by Gasteiger charge is 2.66. The fourth-order valence-corrected chi connectivity index (χ4v) is 14.9. The van der Waals surface area contributed by atoms with Crippen molar-refractivity contribution in [1.82, 2.24) is 4.90 Å². The van der Waals surface area contributed by atoms with E-state index in [1.807, 2.05) is 133 Å². The monoisotopic (exact) mass is 898 g/mol. The average Bonchev–Trinajstić information content (AvgIpc) is 3.77. The van der Waals surface area contributed by atoms with Gasteiger partial charge in [0.1, 0.15) is 5.75 Å². The van der Waals surface area contributed by atoms with Crippen molar-refractivity contribution in [3.05, 3.63) is 174 Å². The molecule has 1 saturated heterocycles. The van der Waals surface area contributed by atoms with Gasteiger partial charge in [-0.15, -0.1) is 0 Å². The van der Waals surface area contributed by atoms with Crippen LogP contribution in [0, 0.1) is 5.92 Å². The van der Waals surface area contributed by atoms with Gasteiger partial charge >= 0.3 is 0 Å². The first-order valence-corrected chi connectivity index (χ1v) is 25.5. The molecule has 5 atom stereocenters. The molecule has 6 aromatic rings. The molecule has 0 aliphatic carbocycles. The maximum Gasteiger partial charge on any atom is 0.264 e. The van der Waals surface area contributed by atoms with E-state index in [1.165, 1.54) is 0 Å². The Bertz CT molecular complexity index is 2750. The summed E-state index contributed by atoms with van der Waals surface area (Å²) in [6.07, 6.45) is 1.39. The van der Waals surface area contributed by atoms with Gasteiger partial charge in [0, 0.05) is 40.8 Å². The Morgan fingerprint density at radius 2 is 1.39 bits per heavy atom. The van der Waals surface area contributed by atoms with Gasteiger partial charge in [0.25, 0.3) is 5.91 Å². The Morgan fingerprint density at radius 3 is 2.02 bits per heavy atom. The van der Waals surface area contributed by atoms with E-state index in [0.29, 0.717) is 47.0 Å². The molecule has 0 aromatic heterocycles. The summed E-state index contributed by atoms with van der Waals surface area (Å²) in [5.74, 6) is -0.129. The van der Waals surface area contributed by atoms with Crippen molar-refractivity contribution in [1.29, 1.82) is 0 Å². The van der Waals surface area contributed by atoms with Crippen molar-refractivity contribution < 1.29 is 33.8 Å². The zero-order chi connectivity index (χ0) is 46.2. The molecule has 3 heterocycles. The summed E-state index contributed by atoms with van der Waals surface area (Å²) in [4.78, 5) is 62.9. The van der Waals surface area contributed by atoms with Crippen LogP contribution in [-0.4, -0.2) is 68.6 Å². The van der Waals surface area contributed by atoms with E-state index in [1.54, 1.807) is 26.7 Å². The molecule has 4 amide bonds. The lowest BCUT2D eigenvalue weighted by Crippen LogP contribution is -2.52. The minimum atomic E-state index is -2.68.